The van der Waals surface area contributed by atoms with Crippen LogP contribution in [0.4, 0.5) is 0 Å². The number of aromatic nitrogens is 3. The second-order valence-electron chi connectivity index (χ2n) is 4.67. The summed E-state index contributed by atoms with van der Waals surface area (Å²) in [5.41, 5.74) is 3.67. The first kappa shape index (κ1) is 14.8. The molecule has 0 unspecified atom stereocenters. The van der Waals surface area contributed by atoms with E-state index >= 15 is 0 Å². The van der Waals surface area contributed by atoms with Gasteiger partial charge in [0.2, 0.25) is 0 Å². The molecule has 21 heavy (non-hydrogen) atoms. The quantitative estimate of drug-likeness (QED) is 0.445. The van der Waals surface area contributed by atoms with Gasteiger partial charge in [-0.05, 0) is 0 Å². The first-order valence-corrected chi connectivity index (χ1v) is 9.69. The predicted octanol–water partition coefficient (Wildman–Crippen LogP) is 0.825. The molecule has 2 aromatic heterocycles. The van der Waals surface area contributed by atoms with E-state index in [1.807, 2.05) is 35.2 Å². The number of rotatable bonds is 3. The third-order valence-corrected chi connectivity index (χ3v) is 5.78. The van der Waals surface area contributed by atoms with Gasteiger partial charge in [0.15, 0.2) is 0 Å². The molecule has 3 rings (SSSR count). The SMILES string of the molecule is OCc1cn(C2=CC=C(S)NC2)nc1-c1cccn[c]1[Hg]. The molecule has 0 fully saturated rings. The Morgan fingerprint density at radius 1 is 1.43 bits per heavy atom. The van der Waals surface area contributed by atoms with Crippen LogP contribution in [0.2, 0.25) is 0 Å². The predicted molar refractivity (Wildman–Crippen MR) is 80.4 cm³/mol. The zero-order chi connectivity index (χ0) is 14.8. The second-order valence-corrected chi connectivity index (χ2v) is 7.75. The summed E-state index contributed by atoms with van der Waals surface area (Å²) >= 11 is 4.66. The number of dihydropyridines is 1. The molecule has 0 aliphatic carbocycles. The van der Waals surface area contributed by atoms with E-state index in [2.05, 4.69) is 28.0 Å². The number of allylic oxidation sites excluding steroid dienone is 2. The number of aliphatic hydroxyl groups is 1. The van der Waals surface area contributed by atoms with Crippen LogP contribution < -0.4 is 8.52 Å². The van der Waals surface area contributed by atoms with Crippen molar-refractivity contribution in [2.75, 3.05) is 6.54 Å². The van der Waals surface area contributed by atoms with Gasteiger partial charge in [0.1, 0.15) is 0 Å². The van der Waals surface area contributed by atoms with E-state index in [4.69, 9.17) is 0 Å². The van der Waals surface area contributed by atoms with Gasteiger partial charge in [-0.3, -0.25) is 0 Å². The average Bonchev–Trinajstić information content (AvgIpc) is 2.92. The fraction of sp³-hybridized carbons (Fsp3) is 0.143. The Labute approximate surface area is 144 Å². The summed E-state index contributed by atoms with van der Waals surface area (Å²) in [6, 6.07) is 3.92. The molecular formula is C14H13HgN4OS. The van der Waals surface area contributed by atoms with Crippen molar-refractivity contribution < 1.29 is 31.2 Å². The van der Waals surface area contributed by atoms with Gasteiger partial charge < -0.3 is 0 Å². The van der Waals surface area contributed by atoms with Crippen LogP contribution in [0.15, 0.2) is 41.7 Å². The molecule has 1 aliphatic heterocycles. The van der Waals surface area contributed by atoms with Crippen LogP contribution in [-0.4, -0.2) is 26.4 Å². The van der Waals surface area contributed by atoms with Crippen LogP contribution in [0.3, 0.4) is 0 Å². The maximum atomic E-state index is 9.61. The zero-order valence-electron chi connectivity index (χ0n) is 11.3. The molecule has 0 saturated carbocycles. The number of nitrogens with zero attached hydrogens (tertiary/aromatic N) is 3. The summed E-state index contributed by atoms with van der Waals surface area (Å²) in [7, 11) is 0. The van der Waals surface area contributed by atoms with Gasteiger partial charge in [0.25, 0.3) is 0 Å². The molecule has 1 aliphatic rings. The van der Waals surface area contributed by atoms with Gasteiger partial charge >= 0.3 is 145 Å². The van der Waals surface area contributed by atoms with Crippen molar-refractivity contribution in [3.05, 3.63) is 47.3 Å². The molecule has 0 radical (unpaired) electrons. The monoisotopic (exact) mass is 487 g/mol. The van der Waals surface area contributed by atoms with E-state index in [0.29, 0.717) is 32.7 Å². The van der Waals surface area contributed by atoms with Crippen LogP contribution in [0.1, 0.15) is 5.56 Å². The molecular weight excluding hydrogens is 473 g/mol. The van der Waals surface area contributed by atoms with Crippen molar-refractivity contribution in [3.8, 4) is 11.3 Å². The minimum absolute atomic E-state index is 0.0359. The topological polar surface area (TPSA) is 63.0 Å². The Bertz CT molecular complexity index is 738. The van der Waals surface area contributed by atoms with E-state index in [1.54, 1.807) is 6.20 Å². The van der Waals surface area contributed by atoms with E-state index in [0.717, 1.165) is 30.7 Å². The van der Waals surface area contributed by atoms with Crippen LogP contribution >= 0.6 is 12.6 Å². The van der Waals surface area contributed by atoms with Crippen LogP contribution in [0.25, 0.3) is 17.0 Å². The van der Waals surface area contributed by atoms with Gasteiger partial charge in [0.05, 0.1) is 0 Å². The molecule has 0 aromatic carbocycles. The van der Waals surface area contributed by atoms with E-state index in [9.17, 15) is 5.11 Å². The number of nitrogens with one attached hydrogen (secondary N) is 1. The Morgan fingerprint density at radius 2 is 2.29 bits per heavy atom. The molecule has 3 heterocycles. The molecule has 0 spiro atoms. The molecule has 0 atom stereocenters. The standard InChI is InChI=1S/C14H13N4OS.Hg/c19-9-11-8-18(12-3-4-13(20)16-7-12)17-14(11)10-2-1-5-15-6-10;/h1-5,8,16,19-20H,7,9H2;. The van der Waals surface area contributed by atoms with Crippen molar-refractivity contribution in [1.29, 1.82) is 0 Å². The molecule has 103 valence electrons. The fourth-order valence-electron chi connectivity index (χ4n) is 2.18. The Balaban J connectivity index is 2.06. The molecule has 2 aromatic rings. The van der Waals surface area contributed by atoms with E-state index in [1.165, 1.54) is 0 Å². The molecule has 0 saturated heterocycles. The van der Waals surface area contributed by atoms with Crippen molar-refractivity contribution in [2.45, 2.75) is 6.61 Å². The molecule has 2 N–H and O–H groups in total. The molecule has 0 bridgehead atoms. The number of pyridine rings is 1. The fourth-order valence-corrected chi connectivity index (χ4v) is 3.86. The van der Waals surface area contributed by atoms with Gasteiger partial charge in [-0.15, -0.1) is 0 Å². The van der Waals surface area contributed by atoms with Crippen molar-refractivity contribution in [1.82, 2.24) is 20.1 Å². The first-order valence-electron chi connectivity index (χ1n) is 6.50. The Hall–Kier alpha value is -1.11. The second kappa shape index (κ2) is 6.33. The summed E-state index contributed by atoms with van der Waals surface area (Å²) in [6.45, 7) is 0.622. The van der Waals surface area contributed by atoms with Gasteiger partial charge in [-0.25, -0.2) is 0 Å². The maximum absolute atomic E-state index is 9.61. The molecule has 0 amide bonds. The van der Waals surface area contributed by atoms with E-state index < -0.39 is 0 Å². The van der Waals surface area contributed by atoms with Crippen LogP contribution in [0, 0.1) is 0 Å². The summed E-state index contributed by atoms with van der Waals surface area (Å²) in [5.74, 6) is 0. The van der Waals surface area contributed by atoms with E-state index in [-0.39, 0.29) is 6.61 Å². The number of hydrogen-bond acceptors (Lipinski definition) is 5. The summed E-state index contributed by atoms with van der Waals surface area (Å²) in [5, 5.41) is 18.3. The first-order chi connectivity index (χ1) is 10.2. The summed E-state index contributed by atoms with van der Waals surface area (Å²) < 4.78 is 2.90. The third kappa shape index (κ3) is 3.07. The normalized spacial score (nSPS) is 14.5. The minimum atomic E-state index is -0.0359. The summed E-state index contributed by atoms with van der Waals surface area (Å²) in [4.78, 5) is 4.37. The molecule has 5 nitrogen and oxygen atoms in total. The molecule has 7 heteroatoms. The van der Waals surface area contributed by atoms with Gasteiger partial charge in [-0.1, -0.05) is 0 Å². The van der Waals surface area contributed by atoms with Gasteiger partial charge in [-0.2, -0.15) is 0 Å². The Kier molecular flexibility index (Phi) is 4.47. The van der Waals surface area contributed by atoms with Crippen molar-refractivity contribution in [2.24, 2.45) is 0 Å². The average molecular weight is 486 g/mol. The van der Waals surface area contributed by atoms with Crippen LogP contribution in [-0.2, 0) is 32.7 Å². The number of aliphatic hydroxyl groups excluding tert-OH is 1. The number of thiol groups is 1. The van der Waals surface area contributed by atoms with Crippen molar-refractivity contribution in [3.63, 3.8) is 0 Å². The Morgan fingerprint density at radius 3 is 2.95 bits per heavy atom. The van der Waals surface area contributed by atoms with Crippen molar-refractivity contribution >= 4 is 21.5 Å². The number of hydrogen-bond donors (Lipinski definition) is 3. The summed E-state index contributed by atoms with van der Waals surface area (Å²) in [6.07, 6.45) is 7.55. The van der Waals surface area contributed by atoms with Crippen LogP contribution in [0.5, 0.6) is 0 Å². The van der Waals surface area contributed by atoms with Gasteiger partial charge in [0, 0.05) is 0 Å². The third-order valence-electron chi connectivity index (χ3n) is 3.28. The zero-order valence-corrected chi connectivity index (χ0v) is 17.7.